The molecule has 0 aromatic heterocycles. The Kier molecular flexibility index (Phi) is 1.12. The van der Waals surface area contributed by atoms with Crippen LogP contribution in [0.25, 0.3) is 0 Å². The van der Waals surface area contributed by atoms with E-state index in [4.69, 9.17) is 4.74 Å². The van der Waals surface area contributed by atoms with E-state index >= 15 is 0 Å². The van der Waals surface area contributed by atoms with Crippen LogP contribution in [0.3, 0.4) is 0 Å². The van der Waals surface area contributed by atoms with Crippen LogP contribution < -0.4 is 0 Å². The first-order valence-electron chi connectivity index (χ1n) is 4.55. The van der Waals surface area contributed by atoms with Gasteiger partial charge in [-0.3, -0.25) is 9.59 Å². The maximum atomic E-state index is 11.5. The zero-order chi connectivity index (χ0) is 9.22. The van der Waals surface area contributed by atoms with Crippen LogP contribution in [0.4, 0.5) is 0 Å². The van der Waals surface area contributed by atoms with Gasteiger partial charge in [0.05, 0.1) is 12.2 Å². The Hall–Kier alpha value is -0.900. The molecule has 3 fully saturated rings. The lowest BCUT2D eigenvalue weighted by Gasteiger charge is -2.25. The molecule has 0 radical (unpaired) electrons. The lowest BCUT2D eigenvalue weighted by molar-refractivity contribution is -0.158. The van der Waals surface area contributed by atoms with Crippen LogP contribution in [0.15, 0.2) is 0 Å². The van der Waals surface area contributed by atoms with E-state index in [2.05, 4.69) is 4.74 Å². The summed E-state index contributed by atoms with van der Waals surface area (Å²) < 4.78 is 10.2. The Morgan fingerprint density at radius 1 is 1.38 bits per heavy atom. The number of cyclic esters (lactones) is 2. The fourth-order valence-electron chi connectivity index (χ4n) is 2.86. The van der Waals surface area contributed by atoms with Gasteiger partial charge in [0.1, 0.15) is 11.3 Å². The first kappa shape index (κ1) is 7.50. The summed E-state index contributed by atoms with van der Waals surface area (Å²) in [7, 11) is 0. The van der Waals surface area contributed by atoms with E-state index in [1.807, 2.05) is 0 Å². The smallest absolute Gasteiger partial charge is 0.323 e. The van der Waals surface area contributed by atoms with Gasteiger partial charge in [0.25, 0.3) is 0 Å². The maximum absolute atomic E-state index is 11.5. The Morgan fingerprint density at radius 2 is 2.15 bits per heavy atom. The molecule has 4 atom stereocenters. The van der Waals surface area contributed by atoms with Crippen LogP contribution in [0.5, 0.6) is 0 Å². The highest BCUT2D eigenvalue weighted by Crippen LogP contribution is 2.55. The molecule has 0 N–H and O–H groups in total. The van der Waals surface area contributed by atoms with Crippen molar-refractivity contribution in [1.82, 2.24) is 0 Å². The Labute approximate surface area is 75.2 Å². The largest absolute Gasteiger partial charge is 0.392 e. The minimum absolute atomic E-state index is 0.0750. The summed E-state index contributed by atoms with van der Waals surface area (Å²) >= 11 is 0. The number of fused-ring (bicyclic) bond motifs is 5. The predicted octanol–water partition coefficient (Wildman–Crippen LogP) is 0.253. The molecule has 0 spiro atoms. The second kappa shape index (κ2) is 1.95. The summed E-state index contributed by atoms with van der Waals surface area (Å²) in [6.45, 7) is 1.79. The van der Waals surface area contributed by atoms with Gasteiger partial charge in [-0.2, -0.15) is 0 Å². The molecule has 4 heteroatoms. The topological polar surface area (TPSA) is 52.6 Å². The van der Waals surface area contributed by atoms with Gasteiger partial charge >= 0.3 is 11.9 Å². The molecule has 3 saturated heterocycles. The van der Waals surface area contributed by atoms with E-state index in [1.165, 1.54) is 0 Å². The molecular formula is C9H10O4. The standard InChI is InChI=1S/C9H10O4/c1-9-5-3-2-4(12-5)6(9)7(10)13-8(9)11/h4-6H,2-3H2,1H3/t4-,5+,6+,9+/m1/s1. The third-order valence-electron chi connectivity index (χ3n) is 3.63. The van der Waals surface area contributed by atoms with Crippen molar-refractivity contribution in [3.8, 4) is 0 Å². The first-order chi connectivity index (χ1) is 6.14. The van der Waals surface area contributed by atoms with Crippen molar-refractivity contribution in [2.75, 3.05) is 0 Å². The van der Waals surface area contributed by atoms with Gasteiger partial charge < -0.3 is 9.47 Å². The maximum Gasteiger partial charge on any atom is 0.323 e. The third-order valence-corrected chi connectivity index (χ3v) is 3.63. The second-order valence-electron chi connectivity index (χ2n) is 4.21. The molecule has 70 valence electrons. The van der Waals surface area contributed by atoms with Gasteiger partial charge in [-0.25, -0.2) is 0 Å². The zero-order valence-electron chi connectivity index (χ0n) is 7.28. The molecule has 2 bridgehead atoms. The summed E-state index contributed by atoms with van der Waals surface area (Å²) in [5, 5.41) is 0. The van der Waals surface area contributed by atoms with E-state index in [-0.39, 0.29) is 24.1 Å². The fraction of sp³-hybridized carbons (Fsp3) is 0.778. The van der Waals surface area contributed by atoms with E-state index < -0.39 is 11.4 Å². The summed E-state index contributed by atoms with van der Waals surface area (Å²) in [5.41, 5.74) is -0.681. The van der Waals surface area contributed by atoms with E-state index in [9.17, 15) is 9.59 Å². The number of esters is 2. The molecule has 13 heavy (non-hydrogen) atoms. The molecule has 0 aromatic carbocycles. The summed E-state index contributed by atoms with van der Waals surface area (Å²) in [4.78, 5) is 22.8. The van der Waals surface area contributed by atoms with Gasteiger partial charge in [-0.15, -0.1) is 0 Å². The predicted molar refractivity (Wildman–Crippen MR) is 40.6 cm³/mol. The molecule has 0 amide bonds. The summed E-state index contributed by atoms with van der Waals surface area (Å²) in [6.07, 6.45) is 1.59. The number of rotatable bonds is 0. The van der Waals surface area contributed by atoms with Crippen LogP contribution >= 0.6 is 0 Å². The molecule has 3 aliphatic heterocycles. The van der Waals surface area contributed by atoms with E-state index in [1.54, 1.807) is 6.92 Å². The average Bonchev–Trinajstić information content (AvgIpc) is 2.66. The molecule has 3 aliphatic rings. The van der Waals surface area contributed by atoms with Crippen LogP contribution in [-0.4, -0.2) is 24.1 Å². The fourth-order valence-corrected chi connectivity index (χ4v) is 2.86. The molecular weight excluding hydrogens is 172 g/mol. The molecule has 0 saturated carbocycles. The molecule has 0 aliphatic carbocycles. The van der Waals surface area contributed by atoms with Crippen molar-refractivity contribution in [2.24, 2.45) is 11.3 Å². The quantitative estimate of drug-likeness (QED) is 0.398. The normalized spacial score (nSPS) is 52.5. The molecule has 4 nitrogen and oxygen atoms in total. The van der Waals surface area contributed by atoms with Crippen molar-refractivity contribution in [3.63, 3.8) is 0 Å². The number of carbonyl (C=O) groups excluding carboxylic acids is 2. The third kappa shape index (κ3) is 0.633. The molecule has 0 unspecified atom stereocenters. The Balaban J connectivity index is 2.12. The van der Waals surface area contributed by atoms with Crippen LogP contribution in [0, 0.1) is 11.3 Å². The average molecular weight is 182 g/mol. The van der Waals surface area contributed by atoms with Crippen molar-refractivity contribution >= 4 is 11.9 Å². The summed E-state index contributed by atoms with van der Waals surface area (Å²) in [6, 6.07) is 0. The van der Waals surface area contributed by atoms with Crippen LogP contribution in [0.1, 0.15) is 19.8 Å². The lowest BCUT2D eigenvalue weighted by Crippen LogP contribution is -2.40. The van der Waals surface area contributed by atoms with Gasteiger partial charge in [0.15, 0.2) is 0 Å². The number of hydrogen-bond acceptors (Lipinski definition) is 4. The highest BCUT2D eigenvalue weighted by molar-refractivity contribution is 6.00. The van der Waals surface area contributed by atoms with Gasteiger partial charge in [-0.05, 0) is 19.8 Å². The van der Waals surface area contributed by atoms with Crippen molar-refractivity contribution in [1.29, 1.82) is 0 Å². The second-order valence-corrected chi connectivity index (χ2v) is 4.21. The highest BCUT2D eigenvalue weighted by Gasteiger charge is 2.69. The van der Waals surface area contributed by atoms with E-state index in [0.29, 0.717) is 0 Å². The SMILES string of the molecule is C[C@@]12C(=O)OC(=O)[C@@H]1[C@H]1CC[C@@H]2O1. The lowest BCUT2D eigenvalue weighted by atomic mass is 9.69. The molecule has 3 rings (SSSR count). The van der Waals surface area contributed by atoms with Gasteiger partial charge in [0.2, 0.25) is 0 Å². The Bertz CT molecular complexity index is 311. The van der Waals surface area contributed by atoms with Crippen LogP contribution in [-0.2, 0) is 19.1 Å². The zero-order valence-corrected chi connectivity index (χ0v) is 7.28. The van der Waals surface area contributed by atoms with Crippen LogP contribution in [0.2, 0.25) is 0 Å². The first-order valence-corrected chi connectivity index (χ1v) is 4.55. The van der Waals surface area contributed by atoms with Gasteiger partial charge in [0, 0.05) is 0 Å². The summed E-state index contributed by atoms with van der Waals surface area (Å²) in [5.74, 6) is -1.12. The number of carbonyl (C=O) groups is 2. The van der Waals surface area contributed by atoms with Crippen molar-refractivity contribution in [3.05, 3.63) is 0 Å². The van der Waals surface area contributed by atoms with Crippen molar-refractivity contribution < 1.29 is 19.1 Å². The minimum Gasteiger partial charge on any atom is -0.392 e. The van der Waals surface area contributed by atoms with Crippen molar-refractivity contribution in [2.45, 2.75) is 32.0 Å². The van der Waals surface area contributed by atoms with Gasteiger partial charge in [-0.1, -0.05) is 0 Å². The Morgan fingerprint density at radius 3 is 2.85 bits per heavy atom. The highest BCUT2D eigenvalue weighted by atomic mass is 16.6. The number of ether oxygens (including phenoxy) is 2. The monoisotopic (exact) mass is 182 g/mol. The van der Waals surface area contributed by atoms with E-state index in [0.717, 1.165) is 12.8 Å². The molecule has 3 heterocycles. The minimum atomic E-state index is -0.681. The molecule has 0 aromatic rings. The number of hydrogen-bond donors (Lipinski definition) is 0.